The first-order chi connectivity index (χ1) is 11.7. The number of carbonyl (C=O) groups excluding carboxylic acids is 1. The van der Waals surface area contributed by atoms with E-state index in [9.17, 15) is 9.18 Å². The fourth-order valence-electron chi connectivity index (χ4n) is 3.81. The number of nitrogens with zero attached hydrogens (tertiary/aromatic N) is 3. The van der Waals surface area contributed by atoms with Crippen LogP contribution in [0.1, 0.15) is 48.3 Å². The lowest BCUT2D eigenvalue weighted by atomic mass is 10.1. The molecule has 4 nitrogen and oxygen atoms in total. The van der Waals surface area contributed by atoms with Gasteiger partial charge in [0.25, 0.3) is 5.91 Å². The standard InChI is InChI=1S/C19H22FN3O/c20-15-8-6-7-14(13-15)18-21-17(19(24)22-10-4-5-11-22)16-9-2-1-3-12-23(16)18/h6-8,13H,1-5,9-12H2. The zero-order valence-electron chi connectivity index (χ0n) is 13.8. The first-order valence-electron chi connectivity index (χ1n) is 8.88. The second kappa shape index (κ2) is 6.38. The Kier molecular flexibility index (Phi) is 4.08. The average Bonchev–Trinajstić information content (AvgIpc) is 3.17. The molecule has 0 bridgehead atoms. The third-order valence-corrected chi connectivity index (χ3v) is 5.05. The molecule has 126 valence electrons. The molecule has 24 heavy (non-hydrogen) atoms. The summed E-state index contributed by atoms with van der Waals surface area (Å²) in [5, 5.41) is 0. The van der Waals surface area contributed by atoms with Gasteiger partial charge in [0.05, 0.1) is 5.69 Å². The molecule has 2 aliphatic rings. The number of fused-ring (bicyclic) bond motifs is 1. The van der Waals surface area contributed by atoms with Crippen molar-refractivity contribution in [2.75, 3.05) is 13.1 Å². The molecule has 1 amide bonds. The summed E-state index contributed by atoms with van der Waals surface area (Å²) in [6.45, 7) is 2.49. The van der Waals surface area contributed by atoms with Crippen molar-refractivity contribution in [1.82, 2.24) is 14.5 Å². The second-order valence-corrected chi connectivity index (χ2v) is 6.70. The lowest BCUT2D eigenvalue weighted by Crippen LogP contribution is -2.29. The number of aromatic nitrogens is 2. The van der Waals surface area contributed by atoms with Gasteiger partial charge in [-0.2, -0.15) is 0 Å². The maximum atomic E-state index is 13.7. The Balaban J connectivity index is 1.81. The zero-order chi connectivity index (χ0) is 16.5. The van der Waals surface area contributed by atoms with Gasteiger partial charge in [0.15, 0.2) is 0 Å². The largest absolute Gasteiger partial charge is 0.337 e. The molecule has 1 aromatic carbocycles. The highest BCUT2D eigenvalue weighted by Gasteiger charge is 2.28. The van der Waals surface area contributed by atoms with Crippen LogP contribution in [0.15, 0.2) is 24.3 Å². The number of benzene rings is 1. The van der Waals surface area contributed by atoms with Crippen LogP contribution in [-0.2, 0) is 13.0 Å². The Hall–Kier alpha value is -2.17. The van der Waals surface area contributed by atoms with Gasteiger partial charge in [0, 0.05) is 25.2 Å². The third-order valence-electron chi connectivity index (χ3n) is 5.05. The Morgan fingerprint density at radius 1 is 1.04 bits per heavy atom. The van der Waals surface area contributed by atoms with Crippen molar-refractivity contribution in [3.8, 4) is 11.4 Å². The van der Waals surface area contributed by atoms with Crippen molar-refractivity contribution in [3.05, 3.63) is 41.5 Å². The summed E-state index contributed by atoms with van der Waals surface area (Å²) in [6.07, 6.45) is 6.31. The van der Waals surface area contributed by atoms with E-state index < -0.39 is 0 Å². The molecule has 2 aromatic rings. The average molecular weight is 327 g/mol. The van der Waals surface area contributed by atoms with Gasteiger partial charge in [0.1, 0.15) is 17.3 Å². The van der Waals surface area contributed by atoms with Gasteiger partial charge in [-0.05, 0) is 44.2 Å². The molecule has 0 spiro atoms. The zero-order valence-corrected chi connectivity index (χ0v) is 13.8. The molecule has 3 heterocycles. The van der Waals surface area contributed by atoms with Gasteiger partial charge in [-0.3, -0.25) is 4.79 Å². The second-order valence-electron chi connectivity index (χ2n) is 6.70. The predicted octanol–water partition coefficient (Wildman–Crippen LogP) is 3.65. The number of rotatable bonds is 2. The van der Waals surface area contributed by atoms with Crippen molar-refractivity contribution in [2.45, 2.75) is 45.1 Å². The summed E-state index contributed by atoms with van der Waals surface area (Å²) in [7, 11) is 0. The van der Waals surface area contributed by atoms with Crippen LogP contribution in [-0.4, -0.2) is 33.4 Å². The van der Waals surface area contributed by atoms with Crippen LogP contribution < -0.4 is 0 Å². The quantitative estimate of drug-likeness (QED) is 0.844. The van der Waals surface area contributed by atoms with E-state index >= 15 is 0 Å². The fraction of sp³-hybridized carbons (Fsp3) is 0.474. The minimum absolute atomic E-state index is 0.0424. The SMILES string of the molecule is O=C(c1nc(-c2cccc(F)c2)n2c1CCCCC2)N1CCCC1. The van der Waals surface area contributed by atoms with Crippen LogP contribution in [0.25, 0.3) is 11.4 Å². The normalized spacial score (nSPS) is 17.6. The smallest absolute Gasteiger partial charge is 0.274 e. The molecule has 0 saturated carbocycles. The summed E-state index contributed by atoms with van der Waals surface area (Å²) in [5.41, 5.74) is 2.36. The Bertz CT molecular complexity index is 762. The fourth-order valence-corrected chi connectivity index (χ4v) is 3.81. The van der Waals surface area contributed by atoms with Crippen LogP contribution in [0.2, 0.25) is 0 Å². The molecule has 1 fully saturated rings. The number of halogens is 1. The Labute approximate surface area is 141 Å². The molecule has 1 saturated heterocycles. The molecular formula is C19H22FN3O. The number of amides is 1. The van der Waals surface area contributed by atoms with E-state index in [-0.39, 0.29) is 11.7 Å². The molecule has 1 aromatic heterocycles. The van der Waals surface area contributed by atoms with E-state index in [1.807, 2.05) is 11.0 Å². The Morgan fingerprint density at radius 3 is 2.62 bits per heavy atom. The minimum Gasteiger partial charge on any atom is -0.337 e. The Morgan fingerprint density at radius 2 is 1.83 bits per heavy atom. The van der Waals surface area contributed by atoms with Crippen LogP contribution >= 0.6 is 0 Å². The molecule has 2 aliphatic heterocycles. The number of imidazole rings is 1. The number of carbonyl (C=O) groups is 1. The predicted molar refractivity (Wildman–Crippen MR) is 90.3 cm³/mol. The lowest BCUT2D eigenvalue weighted by Gasteiger charge is -2.14. The van der Waals surface area contributed by atoms with Gasteiger partial charge in [-0.15, -0.1) is 0 Å². The highest BCUT2D eigenvalue weighted by atomic mass is 19.1. The number of hydrogen-bond acceptors (Lipinski definition) is 2. The molecule has 5 heteroatoms. The van der Waals surface area contributed by atoms with Crippen molar-refractivity contribution in [2.24, 2.45) is 0 Å². The maximum Gasteiger partial charge on any atom is 0.274 e. The topological polar surface area (TPSA) is 38.1 Å². The monoisotopic (exact) mass is 327 g/mol. The van der Waals surface area contributed by atoms with E-state index in [0.29, 0.717) is 5.69 Å². The van der Waals surface area contributed by atoms with Crippen molar-refractivity contribution in [1.29, 1.82) is 0 Å². The summed E-state index contributed by atoms with van der Waals surface area (Å²) in [4.78, 5) is 19.5. The van der Waals surface area contributed by atoms with Gasteiger partial charge in [-0.25, -0.2) is 9.37 Å². The third kappa shape index (κ3) is 2.72. The molecule has 0 atom stereocenters. The molecule has 4 rings (SSSR count). The van der Waals surface area contributed by atoms with Crippen molar-refractivity contribution < 1.29 is 9.18 Å². The van der Waals surface area contributed by atoms with Gasteiger partial charge in [-0.1, -0.05) is 18.6 Å². The van der Waals surface area contributed by atoms with E-state index in [4.69, 9.17) is 4.98 Å². The van der Waals surface area contributed by atoms with Crippen LogP contribution in [0, 0.1) is 5.82 Å². The highest BCUT2D eigenvalue weighted by Crippen LogP contribution is 2.28. The van der Waals surface area contributed by atoms with Crippen molar-refractivity contribution in [3.63, 3.8) is 0 Å². The van der Waals surface area contributed by atoms with Crippen LogP contribution in [0.4, 0.5) is 4.39 Å². The van der Waals surface area contributed by atoms with E-state index in [1.165, 1.54) is 12.1 Å². The number of hydrogen-bond donors (Lipinski definition) is 0. The lowest BCUT2D eigenvalue weighted by molar-refractivity contribution is 0.0786. The molecule has 0 unspecified atom stereocenters. The minimum atomic E-state index is -0.272. The van der Waals surface area contributed by atoms with E-state index in [2.05, 4.69) is 4.57 Å². The summed E-state index contributed by atoms with van der Waals surface area (Å²) in [5.74, 6) is 0.501. The summed E-state index contributed by atoms with van der Waals surface area (Å²) in [6, 6.07) is 6.51. The summed E-state index contributed by atoms with van der Waals surface area (Å²) < 4.78 is 15.8. The first-order valence-corrected chi connectivity index (χ1v) is 8.88. The van der Waals surface area contributed by atoms with Gasteiger partial charge >= 0.3 is 0 Å². The maximum absolute atomic E-state index is 13.7. The summed E-state index contributed by atoms with van der Waals surface area (Å²) >= 11 is 0. The molecule has 0 aliphatic carbocycles. The van der Waals surface area contributed by atoms with Gasteiger partial charge in [0.2, 0.25) is 0 Å². The van der Waals surface area contributed by atoms with Crippen LogP contribution in [0.3, 0.4) is 0 Å². The molecule has 0 radical (unpaired) electrons. The molecule has 0 N–H and O–H groups in total. The van der Waals surface area contributed by atoms with Crippen molar-refractivity contribution >= 4 is 5.91 Å². The number of likely N-dealkylation sites (tertiary alicyclic amines) is 1. The van der Waals surface area contributed by atoms with E-state index in [1.54, 1.807) is 6.07 Å². The van der Waals surface area contributed by atoms with E-state index in [0.717, 1.165) is 75.2 Å². The first kappa shape index (κ1) is 15.4. The van der Waals surface area contributed by atoms with Crippen LogP contribution in [0.5, 0.6) is 0 Å². The highest BCUT2D eigenvalue weighted by molar-refractivity contribution is 5.94. The van der Waals surface area contributed by atoms with Gasteiger partial charge < -0.3 is 9.47 Å². The molecular weight excluding hydrogens is 305 g/mol.